The van der Waals surface area contributed by atoms with Crippen LogP contribution in [-0.2, 0) is 6.42 Å². The molecule has 1 aromatic heterocycles. The molecule has 1 aromatic rings. The highest BCUT2D eigenvalue weighted by atomic mass is 16.4. The Morgan fingerprint density at radius 3 is 2.69 bits per heavy atom. The minimum atomic E-state index is -0.962. The van der Waals surface area contributed by atoms with Gasteiger partial charge >= 0.3 is 5.97 Å². The molecule has 1 rings (SSSR count). The summed E-state index contributed by atoms with van der Waals surface area (Å²) in [5.74, 6) is -0.387. The molecular weight excluding hydrogens is 208 g/mol. The standard InChI is InChI=1S/C11H16N2O3/c1-3-9-6-8(11(15)16)7-10(12-9)13(2)4-5-14/h6-7,14H,3-5H2,1-2H3,(H,15,16). The molecule has 5 nitrogen and oxygen atoms in total. The van der Waals surface area contributed by atoms with E-state index in [-0.39, 0.29) is 12.2 Å². The number of carboxylic acids is 1. The van der Waals surface area contributed by atoms with E-state index in [2.05, 4.69) is 4.98 Å². The molecule has 16 heavy (non-hydrogen) atoms. The third-order valence-electron chi connectivity index (χ3n) is 2.30. The first kappa shape index (κ1) is 12.4. The van der Waals surface area contributed by atoms with E-state index in [0.29, 0.717) is 18.8 Å². The first-order valence-corrected chi connectivity index (χ1v) is 5.14. The van der Waals surface area contributed by atoms with E-state index in [1.165, 1.54) is 6.07 Å². The lowest BCUT2D eigenvalue weighted by molar-refractivity contribution is 0.0696. The summed E-state index contributed by atoms with van der Waals surface area (Å²) >= 11 is 0. The van der Waals surface area contributed by atoms with E-state index in [1.807, 2.05) is 6.92 Å². The minimum absolute atomic E-state index is 0.0109. The fourth-order valence-corrected chi connectivity index (χ4v) is 1.34. The maximum atomic E-state index is 10.9. The second-order valence-corrected chi connectivity index (χ2v) is 3.51. The summed E-state index contributed by atoms with van der Waals surface area (Å²) in [6, 6.07) is 3.08. The highest BCUT2D eigenvalue weighted by Gasteiger charge is 2.10. The van der Waals surface area contributed by atoms with Crippen LogP contribution in [0.4, 0.5) is 5.82 Å². The first-order valence-electron chi connectivity index (χ1n) is 5.14. The van der Waals surface area contributed by atoms with Crippen LogP contribution in [0.15, 0.2) is 12.1 Å². The molecule has 0 aliphatic heterocycles. The van der Waals surface area contributed by atoms with Crippen LogP contribution >= 0.6 is 0 Å². The topological polar surface area (TPSA) is 73.7 Å². The fraction of sp³-hybridized carbons (Fsp3) is 0.455. The molecule has 0 bridgehead atoms. The normalized spacial score (nSPS) is 10.2. The second kappa shape index (κ2) is 5.46. The van der Waals surface area contributed by atoms with Gasteiger partial charge in [-0.25, -0.2) is 9.78 Å². The van der Waals surface area contributed by atoms with Crippen LogP contribution in [0.5, 0.6) is 0 Å². The van der Waals surface area contributed by atoms with Gasteiger partial charge in [-0.1, -0.05) is 6.92 Å². The molecule has 0 aliphatic rings. The van der Waals surface area contributed by atoms with Crippen LogP contribution in [-0.4, -0.2) is 41.4 Å². The maximum absolute atomic E-state index is 10.9. The number of anilines is 1. The van der Waals surface area contributed by atoms with Gasteiger partial charge in [0.1, 0.15) is 5.82 Å². The van der Waals surface area contributed by atoms with Crippen molar-refractivity contribution in [2.24, 2.45) is 0 Å². The molecule has 0 atom stereocenters. The molecule has 0 saturated heterocycles. The van der Waals surface area contributed by atoms with Crippen molar-refractivity contribution < 1.29 is 15.0 Å². The Labute approximate surface area is 94.4 Å². The largest absolute Gasteiger partial charge is 0.478 e. The molecule has 5 heteroatoms. The SMILES string of the molecule is CCc1cc(C(=O)O)cc(N(C)CCO)n1. The summed E-state index contributed by atoms with van der Waals surface area (Å²) in [4.78, 5) is 16.9. The van der Waals surface area contributed by atoms with Gasteiger partial charge in [-0.05, 0) is 18.6 Å². The highest BCUT2D eigenvalue weighted by molar-refractivity contribution is 5.88. The quantitative estimate of drug-likeness (QED) is 0.772. The van der Waals surface area contributed by atoms with Crippen molar-refractivity contribution in [2.75, 3.05) is 25.1 Å². The highest BCUT2D eigenvalue weighted by Crippen LogP contribution is 2.14. The van der Waals surface area contributed by atoms with Crippen molar-refractivity contribution in [3.63, 3.8) is 0 Å². The Morgan fingerprint density at radius 1 is 1.50 bits per heavy atom. The number of aliphatic hydroxyl groups is 1. The van der Waals surface area contributed by atoms with Crippen molar-refractivity contribution in [1.82, 2.24) is 4.98 Å². The monoisotopic (exact) mass is 224 g/mol. The number of hydrogen-bond donors (Lipinski definition) is 2. The fourth-order valence-electron chi connectivity index (χ4n) is 1.34. The number of likely N-dealkylation sites (N-methyl/N-ethyl adjacent to an activating group) is 1. The van der Waals surface area contributed by atoms with Crippen LogP contribution in [0, 0.1) is 0 Å². The summed E-state index contributed by atoms with van der Waals surface area (Å²) in [6.07, 6.45) is 0.682. The van der Waals surface area contributed by atoms with E-state index in [4.69, 9.17) is 10.2 Å². The second-order valence-electron chi connectivity index (χ2n) is 3.51. The van der Waals surface area contributed by atoms with Gasteiger partial charge in [0, 0.05) is 19.3 Å². The molecule has 0 aliphatic carbocycles. The Kier molecular flexibility index (Phi) is 4.25. The number of rotatable bonds is 5. The Bertz CT molecular complexity index is 379. The molecule has 0 spiro atoms. The van der Waals surface area contributed by atoms with Crippen LogP contribution in [0.1, 0.15) is 23.0 Å². The van der Waals surface area contributed by atoms with E-state index in [9.17, 15) is 4.79 Å². The van der Waals surface area contributed by atoms with Crippen LogP contribution in [0.2, 0.25) is 0 Å². The summed E-state index contributed by atoms with van der Waals surface area (Å²) in [5, 5.41) is 17.8. The molecule has 0 unspecified atom stereocenters. The summed E-state index contributed by atoms with van der Waals surface area (Å²) in [7, 11) is 1.77. The van der Waals surface area contributed by atoms with Gasteiger partial charge in [-0.2, -0.15) is 0 Å². The lowest BCUT2D eigenvalue weighted by Crippen LogP contribution is -2.23. The number of aryl methyl sites for hydroxylation is 1. The van der Waals surface area contributed by atoms with Crippen LogP contribution < -0.4 is 4.90 Å². The lowest BCUT2D eigenvalue weighted by Gasteiger charge is -2.17. The van der Waals surface area contributed by atoms with E-state index in [1.54, 1.807) is 18.0 Å². The van der Waals surface area contributed by atoms with Crippen molar-refractivity contribution in [3.05, 3.63) is 23.4 Å². The molecule has 88 valence electrons. The number of aromatic carboxylic acids is 1. The summed E-state index contributed by atoms with van der Waals surface area (Å²) in [5.41, 5.74) is 0.964. The van der Waals surface area contributed by atoms with Crippen molar-refractivity contribution in [3.8, 4) is 0 Å². The number of pyridine rings is 1. The average molecular weight is 224 g/mol. The Hall–Kier alpha value is -1.62. The lowest BCUT2D eigenvalue weighted by atomic mass is 10.2. The average Bonchev–Trinajstić information content (AvgIpc) is 2.28. The van der Waals surface area contributed by atoms with Crippen LogP contribution in [0.25, 0.3) is 0 Å². The zero-order chi connectivity index (χ0) is 12.1. The molecule has 1 heterocycles. The number of aromatic nitrogens is 1. The molecule has 0 fully saturated rings. The minimum Gasteiger partial charge on any atom is -0.478 e. The predicted octanol–water partition coefficient (Wildman–Crippen LogP) is 0.771. The first-order chi connectivity index (χ1) is 7.58. The van der Waals surface area contributed by atoms with Crippen LogP contribution in [0.3, 0.4) is 0 Å². The molecule has 0 saturated carbocycles. The van der Waals surface area contributed by atoms with Gasteiger partial charge in [0.2, 0.25) is 0 Å². The molecular formula is C11H16N2O3. The smallest absolute Gasteiger partial charge is 0.335 e. The number of nitrogens with zero attached hydrogens (tertiary/aromatic N) is 2. The number of hydrogen-bond acceptors (Lipinski definition) is 4. The molecule has 0 amide bonds. The maximum Gasteiger partial charge on any atom is 0.335 e. The third kappa shape index (κ3) is 2.93. The molecule has 2 N–H and O–H groups in total. The van der Waals surface area contributed by atoms with E-state index in [0.717, 1.165) is 5.69 Å². The van der Waals surface area contributed by atoms with Gasteiger partial charge in [0.05, 0.1) is 12.2 Å². The van der Waals surface area contributed by atoms with Crippen molar-refractivity contribution in [1.29, 1.82) is 0 Å². The zero-order valence-corrected chi connectivity index (χ0v) is 9.47. The molecule has 0 aromatic carbocycles. The number of aliphatic hydroxyl groups excluding tert-OH is 1. The van der Waals surface area contributed by atoms with Crippen molar-refractivity contribution >= 4 is 11.8 Å². The zero-order valence-electron chi connectivity index (χ0n) is 9.47. The van der Waals surface area contributed by atoms with Gasteiger partial charge < -0.3 is 15.1 Å². The van der Waals surface area contributed by atoms with Gasteiger partial charge in [-0.15, -0.1) is 0 Å². The summed E-state index contributed by atoms with van der Waals surface area (Å²) < 4.78 is 0. The number of carbonyl (C=O) groups is 1. The Morgan fingerprint density at radius 2 is 2.19 bits per heavy atom. The van der Waals surface area contributed by atoms with Gasteiger partial charge in [0.25, 0.3) is 0 Å². The Balaban J connectivity index is 3.08. The van der Waals surface area contributed by atoms with E-state index < -0.39 is 5.97 Å². The van der Waals surface area contributed by atoms with E-state index >= 15 is 0 Å². The third-order valence-corrected chi connectivity index (χ3v) is 2.30. The summed E-state index contributed by atoms with van der Waals surface area (Å²) in [6.45, 7) is 2.36. The molecule has 0 radical (unpaired) electrons. The number of carboxylic acid groups (broad SMARTS) is 1. The van der Waals surface area contributed by atoms with Crippen molar-refractivity contribution in [2.45, 2.75) is 13.3 Å². The predicted molar refractivity (Wildman–Crippen MR) is 60.9 cm³/mol. The van der Waals surface area contributed by atoms with Gasteiger partial charge in [-0.3, -0.25) is 0 Å². The van der Waals surface area contributed by atoms with Gasteiger partial charge in [0.15, 0.2) is 0 Å².